The fraction of sp³-hybridized carbons (Fsp3) is 0.222. The second-order valence-electron chi connectivity index (χ2n) is 4.17. The van der Waals surface area contributed by atoms with Gasteiger partial charge in [-0.05, 0) is 34.8 Å². The van der Waals surface area contributed by atoms with Crippen LogP contribution in [0.5, 0.6) is 0 Å². The van der Waals surface area contributed by atoms with Crippen LogP contribution < -0.4 is 0 Å². The number of benzene rings is 2. The van der Waals surface area contributed by atoms with Crippen molar-refractivity contribution in [2.45, 2.75) is 26.7 Å². The highest BCUT2D eigenvalue weighted by Crippen LogP contribution is 2.28. The van der Waals surface area contributed by atoms with E-state index in [1.807, 2.05) is 13.8 Å². The van der Waals surface area contributed by atoms with Gasteiger partial charge in [0.05, 0.1) is 0 Å². The maximum atomic E-state index is 2.34. The van der Waals surface area contributed by atoms with Crippen molar-refractivity contribution in [1.82, 2.24) is 0 Å². The summed E-state index contributed by atoms with van der Waals surface area (Å²) >= 11 is 0. The molecule has 0 aliphatic heterocycles. The van der Waals surface area contributed by atoms with E-state index in [0.29, 0.717) is 0 Å². The van der Waals surface area contributed by atoms with E-state index in [1.54, 1.807) is 0 Å². The minimum Gasteiger partial charge on any atom is -0.0836 e. The van der Waals surface area contributed by atoms with Crippen molar-refractivity contribution in [3.05, 3.63) is 66.3 Å². The first kappa shape index (κ1) is 12.6. The van der Waals surface area contributed by atoms with E-state index in [4.69, 9.17) is 0 Å². The van der Waals surface area contributed by atoms with Crippen molar-refractivity contribution >= 4 is 16.3 Å². The molecule has 0 fully saturated rings. The van der Waals surface area contributed by atoms with E-state index in [9.17, 15) is 0 Å². The number of allylic oxidation sites excluding steroid dienone is 4. The van der Waals surface area contributed by atoms with E-state index >= 15 is 0 Å². The molecule has 0 heterocycles. The fourth-order valence-electron chi connectivity index (χ4n) is 2.29. The van der Waals surface area contributed by atoms with Crippen LogP contribution in [0.2, 0.25) is 0 Å². The minimum atomic E-state index is 1.16. The van der Waals surface area contributed by atoms with E-state index in [0.717, 1.165) is 6.42 Å². The lowest BCUT2D eigenvalue weighted by atomic mass is 9.95. The Hall–Kier alpha value is -1.82. The highest BCUT2D eigenvalue weighted by Gasteiger charge is 2.04. The molecule has 0 aromatic heterocycles. The molecule has 1 aliphatic rings. The van der Waals surface area contributed by atoms with Gasteiger partial charge in [-0.1, -0.05) is 74.5 Å². The normalized spacial score (nSPS) is 13.8. The Morgan fingerprint density at radius 3 is 2.39 bits per heavy atom. The lowest BCUT2D eigenvalue weighted by molar-refractivity contribution is 1.04. The molecule has 18 heavy (non-hydrogen) atoms. The van der Waals surface area contributed by atoms with Gasteiger partial charge in [0, 0.05) is 0 Å². The molecule has 1 aliphatic carbocycles. The average molecular weight is 236 g/mol. The van der Waals surface area contributed by atoms with Gasteiger partial charge in [0.2, 0.25) is 0 Å². The second kappa shape index (κ2) is 6.20. The summed E-state index contributed by atoms with van der Waals surface area (Å²) in [7, 11) is 0. The zero-order chi connectivity index (χ0) is 12.8. The van der Waals surface area contributed by atoms with Crippen LogP contribution in [0.25, 0.3) is 16.3 Å². The molecule has 0 amide bonds. The first-order valence-corrected chi connectivity index (χ1v) is 6.80. The van der Waals surface area contributed by atoms with Gasteiger partial charge in [-0.2, -0.15) is 0 Å². The van der Waals surface area contributed by atoms with Gasteiger partial charge in [0.1, 0.15) is 0 Å². The summed E-state index contributed by atoms with van der Waals surface area (Å²) in [6.45, 7) is 4.00. The van der Waals surface area contributed by atoms with Crippen molar-refractivity contribution in [3.63, 3.8) is 0 Å². The first-order chi connectivity index (χ1) is 8.95. The third-order valence-corrected chi connectivity index (χ3v) is 3.10. The zero-order valence-electron chi connectivity index (χ0n) is 11.2. The molecular weight excluding hydrogens is 216 g/mol. The summed E-state index contributed by atoms with van der Waals surface area (Å²) in [5, 5.41) is 2.67. The van der Waals surface area contributed by atoms with Crippen LogP contribution in [0, 0.1) is 0 Å². The van der Waals surface area contributed by atoms with E-state index in [2.05, 4.69) is 60.7 Å². The van der Waals surface area contributed by atoms with Crippen molar-refractivity contribution in [1.29, 1.82) is 0 Å². The molecule has 2 aromatic rings. The Morgan fingerprint density at radius 1 is 0.833 bits per heavy atom. The van der Waals surface area contributed by atoms with Gasteiger partial charge >= 0.3 is 0 Å². The van der Waals surface area contributed by atoms with Crippen molar-refractivity contribution in [3.8, 4) is 0 Å². The quantitative estimate of drug-likeness (QED) is 0.604. The van der Waals surface area contributed by atoms with Crippen LogP contribution in [-0.2, 0) is 0 Å². The van der Waals surface area contributed by atoms with Gasteiger partial charge in [0.25, 0.3) is 0 Å². The van der Waals surface area contributed by atoms with Gasteiger partial charge in [0.15, 0.2) is 0 Å². The summed E-state index contributed by atoms with van der Waals surface area (Å²) in [4.78, 5) is 0. The molecule has 0 saturated carbocycles. The lowest BCUT2D eigenvalue weighted by Crippen LogP contribution is -1.87. The van der Waals surface area contributed by atoms with Crippen LogP contribution in [0.4, 0.5) is 0 Å². The SMILES string of the molecule is C1=CC(c2cccc3ccccc23)=CCC1.CC. The zero-order valence-corrected chi connectivity index (χ0v) is 11.2. The standard InChI is InChI=1S/C16H14.C2H6/c1-2-7-13(8-3-1)16-12-6-10-14-9-4-5-11-15(14)16;1-2/h2,4-12H,1,3H2;1-2H3. The molecule has 0 nitrogen and oxygen atoms in total. The predicted molar refractivity (Wildman–Crippen MR) is 81.6 cm³/mol. The first-order valence-electron chi connectivity index (χ1n) is 6.80. The summed E-state index contributed by atoms with van der Waals surface area (Å²) in [5.74, 6) is 0. The maximum absolute atomic E-state index is 2.34. The molecule has 0 bridgehead atoms. The molecule has 2 aromatic carbocycles. The molecule has 0 atom stereocenters. The van der Waals surface area contributed by atoms with Crippen molar-refractivity contribution in [2.75, 3.05) is 0 Å². The molecule has 0 radical (unpaired) electrons. The van der Waals surface area contributed by atoms with Crippen LogP contribution in [0.15, 0.2) is 60.7 Å². The lowest BCUT2D eigenvalue weighted by Gasteiger charge is -2.10. The van der Waals surface area contributed by atoms with E-state index in [1.165, 1.54) is 28.3 Å². The number of hydrogen-bond donors (Lipinski definition) is 0. The Morgan fingerprint density at radius 2 is 1.61 bits per heavy atom. The van der Waals surface area contributed by atoms with E-state index < -0.39 is 0 Å². The van der Waals surface area contributed by atoms with Gasteiger partial charge in [-0.25, -0.2) is 0 Å². The Kier molecular flexibility index (Phi) is 4.35. The summed E-state index contributed by atoms with van der Waals surface area (Å²) in [5.41, 5.74) is 2.72. The molecule has 0 spiro atoms. The van der Waals surface area contributed by atoms with Crippen molar-refractivity contribution in [2.24, 2.45) is 0 Å². The molecule has 0 saturated heterocycles. The van der Waals surface area contributed by atoms with Crippen molar-refractivity contribution < 1.29 is 0 Å². The largest absolute Gasteiger partial charge is 0.0836 e. The van der Waals surface area contributed by atoms with Crippen LogP contribution >= 0.6 is 0 Å². The molecule has 0 unspecified atom stereocenters. The predicted octanol–water partition coefficient (Wildman–Crippen LogP) is 5.60. The van der Waals surface area contributed by atoms with Crippen LogP contribution in [0.3, 0.4) is 0 Å². The fourth-order valence-corrected chi connectivity index (χ4v) is 2.29. The average Bonchev–Trinajstić information content (AvgIpc) is 2.50. The minimum absolute atomic E-state index is 1.16. The molecule has 0 N–H and O–H groups in total. The second-order valence-corrected chi connectivity index (χ2v) is 4.17. The van der Waals surface area contributed by atoms with E-state index in [-0.39, 0.29) is 0 Å². The monoisotopic (exact) mass is 236 g/mol. The summed E-state index contributed by atoms with van der Waals surface area (Å²) in [6.07, 6.45) is 9.17. The van der Waals surface area contributed by atoms with Crippen LogP contribution in [-0.4, -0.2) is 0 Å². The highest BCUT2D eigenvalue weighted by atomic mass is 14.1. The Balaban J connectivity index is 0.000000574. The number of hydrogen-bond acceptors (Lipinski definition) is 0. The molecule has 0 heteroatoms. The van der Waals surface area contributed by atoms with Crippen LogP contribution in [0.1, 0.15) is 32.3 Å². The third-order valence-electron chi connectivity index (χ3n) is 3.10. The summed E-state index contributed by atoms with van der Waals surface area (Å²) < 4.78 is 0. The number of fused-ring (bicyclic) bond motifs is 1. The third kappa shape index (κ3) is 2.53. The smallest absolute Gasteiger partial charge is 0.0106 e. The molecular formula is C18H20. The topological polar surface area (TPSA) is 0 Å². The Bertz CT molecular complexity index is 568. The maximum Gasteiger partial charge on any atom is -0.0106 e. The van der Waals surface area contributed by atoms with Gasteiger partial charge < -0.3 is 0 Å². The highest BCUT2D eigenvalue weighted by molar-refractivity contribution is 5.96. The molecule has 92 valence electrons. The number of rotatable bonds is 1. The summed E-state index contributed by atoms with van der Waals surface area (Å²) in [6, 6.07) is 15.1. The Labute approximate surface area is 110 Å². The van der Waals surface area contributed by atoms with Gasteiger partial charge in [-0.15, -0.1) is 0 Å². The van der Waals surface area contributed by atoms with Gasteiger partial charge in [-0.3, -0.25) is 0 Å². The molecule has 3 rings (SSSR count).